The maximum atomic E-state index is 11.4. The van der Waals surface area contributed by atoms with Crippen LogP contribution in [-0.2, 0) is 9.53 Å². The van der Waals surface area contributed by atoms with Crippen LogP contribution in [0.15, 0.2) is 0 Å². The summed E-state index contributed by atoms with van der Waals surface area (Å²) in [4.78, 5) is 26.2. The number of hydrogen-bond donors (Lipinski definition) is 1. The fourth-order valence-corrected chi connectivity index (χ4v) is 2.17. The molecule has 0 aromatic heterocycles. The average molecular weight is 243 g/mol. The molecule has 1 heterocycles. The molecule has 1 saturated heterocycles. The molecule has 0 spiro atoms. The second-order valence-electron chi connectivity index (χ2n) is 4.15. The van der Waals surface area contributed by atoms with Gasteiger partial charge in [0.25, 0.3) is 0 Å². The van der Waals surface area contributed by atoms with Gasteiger partial charge in [-0.25, -0.2) is 4.79 Å². The van der Waals surface area contributed by atoms with Crippen molar-refractivity contribution in [1.29, 1.82) is 0 Å². The van der Waals surface area contributed by atoms with E-state index in [1.807, 2.05) is 11.8 Å². The molecule has 1 rings (SSSR count). The number of nitrogens with zero attached hydrogens (tertiary/aromatic N) is 2. The lowest BCUT2D eigenvalue weighted by atomic mass is 10.2. The van der Waals surface area contributed by atoms with E-state index in [1.54, 1.807) is 4.90 Å². The molecule has 6 nitrogen and oxygen atoms in total. The fourth-order valence-electron chi connectivity index (χ4n) is 2.17. The quantitative estimate of drug-likeness (QED) is 0.739. The highest BCUT2D eigenvalue weighted by atomic mass is 16.5. The van der Waals surface area contributed by atoms with Gasteiger partial charge in [0.05, 0.1) is 13.2 Å². The lowest BCUT2D eigenvalue weighted by Gasteiger charge is -2.26. The minimum absolute atomic E-state index is 0.175. The first-order valence-corrected chi connectivity index (χ1v) is 5.96. The molecular formula is C11H21N3O3. The molecule has 0 aliphatic carbocycles. The van der Waals surface area contributed by atoms with Crippen molar-refractivity contribution < 1.29 is 14.3 Å². The summed E-state index contributed by atoms with van der Waals surface area (Å²) in [5.41, 5.74) is 5.33. The smallest absolute Gasteiger partial charge is 0.409 e. The van der Waals surface area contributed by atoms with Gasteiger partial charge in [-0.1, -0.05) is 0 Å². The second kappa shape index (κ2) is 6.44. The Morgan fingerprint density at radius 1 is 1.53 bits per heavy atom. The van der Waals surface area contributed by atoms with Gasteiger partial charge in [0, 0.05) is 19.6 Å². The molecule has 6 heteroatoms. The topological polar surface area (TPSA) is 75.9 Å². The third-order valence-electron chi connectivity index (χ3n) is 3.16. The summed E-state index contributed by atoms with van der Waals surface area (Å²) in [6.07, 6.45) is 1.47. The van der Waals surface area contributed by atoms with Crippen LogP contribution in [0.25, 0.3) is 0 Å². The van der Waals surface area contributed by atoms with Crippen LogP contribution >= 0.6 is 0 Å². The number of nitrogens with two attached hydrogens (primary N) is 1. The second-order valence-corrected chi connectivity index (χ2v) is 4.15. The van der Waals surface area contributed by atoms with E-state index < -0.39 is 0 Å². The third-order valence-corrected chi connectivity index (χ3v) is 3.16. The predicted octanol–water partition coefficient (Wildman–Crippen LogP) is 0.0244. The monoisotopic (exact) mass is 243 g/mol. The van der Waals surface area contributed by atoms with Gasteiger partial charge < -0.3 is 15.4 Å². The highest BCUT2D eigenvalue weighted by molar-refractivity contribution is 5.80. The number of rotatable bonds is 5. The number of amides is 2. The van der Waals surface area contributed by atoms with E-state index in [9.17, 15) is 9.59 Å². The Labute approximate surface area is 102 Å². The number of primary amides is 1. The van der Waals surface area contributed by atoms with Crippen molar-refractivity contribution in [2.24, 2.45) is 5.73 Å². The Morgan fingerprint density at radius 2 is 2.24 bits per heavy atom. The number of carbonyl (C=O) groups excluding carboxylic acids is 2. The Morgan fingerprint density at radius 3 is 2.76 bits per heavy atom. The number of likely N-dealkylation sites (tertiary alicyclic amines) is 1. The largest absolute Gasteiger partial charge is 0.453 e. The van der Waals surface area contributed by atoms with Crippen molar-refractivity contribution in [3.8, 4) is 0 Å². The van der Waals surface area contributed by atoms with Gasteiger partial charge in [0.2, 0.25) is 5.91 Å². The van der Waals surface area contributed by atoms with Crippen molar-refractivity contribution in [2.75, 3.05) is 33.3 Å². The fraction of sp³-hybridized carbons (Fsp3) is 0.818. The van der Waals surface area contributed by atoms with E-state index in [4.69, 9.17) is 5.73 Å². The number of methoxy groups -OCH3 is 1. The molecule has 1 fully saturated rings. The zero-order chi connectivity index (χ0) is 12.8. The summed E-state index contributed by atoms with van der Waals surface area (Å²) in [5, 5.41) is 0. The van der Waals surface area contributed by atoms with Crippen LogP contribution < -0.4 is 5.73 Å². The number of carbonyl (C=O) groups is 2. The lowest BCUT2D eigenvalue weighted by Crippen LogP contribution is -2.44. The van der Waals surface area contributed by atoms with Gasteiger partial charge in [0.15, 0.2) is 0 Å². The SMILES string of the molecule is CCN(CCN1CCC[C@@H]1C(N)=O)C(=O)OC. The van der Waals surface area contributed by atoms with E-state index >= 15 is 0 Å². The standard InChI is InChI=1S/C11H21N3O3/c1-3-13(11(16)17-2)7-8-14-6-4-5-9(14)10(12)15/h9H,3-8H2,1-2H3,(H2,12,15)/t9-/m1/s1. The van der Waals surface area contributed by atoms with Gasteiger partial charge in [-0.15, -0.1) is 0 Å². The highest BCUT2D eigenvalue weighted by Gasteiger charge is 2.29. The summed E-state index contributed by atoms with van der Waals surface area (Å²) in [5.74, 6) is -0.274. The maximum absolute atomic E-state index is 11.4. The zero-order valence-corrected chi connectivity index (χ0v) is 10.5. The van der Waals surface area contributed by atoms with E-state index in [-0.39, 0.29) is 18.0 Å². The Bertz CT molecular complexity index is 283. The molecule has 0 aromatic rings. The van der Waals surface area contributed by atoms with Crippen LogP contribution in [0.4, 0.5) is 4.79 Å². The zero-order valence-electron chi connectivity index (χ0n) is 10.5. The molecule has 1 atom stereocenters. The normalized spacial score (nSPS) is 20.2. The minimum atomic E-state index is -0.331. The molecule has 2 amide bonds. The maximum Gasteiger partial charge on any atom is 0.409 e. The lowest BCUT2D eigenvalue weighted by molar-refractivity contribution is -0.122. The van der Waals surface area contributed by atoms with Gasteiger partial charge in [-0.2, -0.15) is 0 Å². The van der Waals surface area contributed by atoms with Crippen molar-refractivity contribution in [1.82, 2.24) is 9.80 Å². The van der Waals surface area contributed by atoms with Crippen molar-refractivity contribution in [3.63, 3.8) is 0 Å². The first-order valence-electron chi connectivity index (χ1n) is 5.96. The predicted molar refractivity (Wildman–Crippen MR) is 63.4 cm³/mol. The van der Waals surface area contributed by atoms with Gasteiger partial charge in [0.1, 0.15) is 0 Å². The summed E-state index contributed by atoms with van der Waals surface area (Å²) < 4.78 is 4.67. The molecule has 0 unspecified atom stereocenters. The summed E-state index contributed by atoms with van der Waals surface area (Å²) in [6.45, 7) is 4.59. The summed E-state index contributed by atoms with van der Waals surface area (Å²) >= 11 is 0. The number of ether oxygens (including phenoxy) is 1. The molecule has 0 radical (unpaired) electrons. The summed E-state index contributed by atoms with van der Waals surface area (Å²) in [6, 6.07) is -0.175. The average Bonchev–Trinajstić information content (AvgIpc) is 2.77. The molecule has 1 aliphatic rings. The molecule has 2 N–H and O–H groups in total. The van der Waals surface area contributed by atoms with Crippen LogP contribution in [0.1, 0.15) is 19.8 Å². The van der Waals surface area contributed by atoms with E-state index in [0.29, 0.717) is 19.6 Å². The molecule has 0 aromatic carbocycles. The van der Waals surface area contributed by atoms with Crippen LogP contribution in [-0.4, -0.2) is 61.1 Å². The van der Waals surface area contributed by atoms with E-state index in [1.165, 1.54) is 7.11 Å². The Hall–Kier alpha value is -1.30. The van der Waals surface area contributed by atoms with Crippen molar-refractivity contribution in [2.45, 2.75) is 25.8 Å². The third kappa shape index (κ3) is 3.59. The molecule has 0 bridgehead atoms. The summed E-state index contributed by atoms with van der Waals surface area (Å²) in [7, 11) is 1.37. The highest BCUT2D eigenvalue weighted by Crippen LogP contribution is 2.16. The van der Waals surface area contributed by atoms with Crippen LogP contribution in [0.2, 0.25) is 0 Å². The van der Waals surface area contributed by atoms with Crippen molar-refractivity contribution in [3.05, 3.63) is 0 Å². The van der Waals surface area contributed by atoms with Crippen LogP contribution in [0.5, 0.6) is 0 Å². The van der Waals surface area contributed by atoms with E-state index in [2.05, 4.69) is 4.74 Å². The van der Waals surface area contributed by atoms with Crippen LogP contribution in [0, 0.1) is 0 Å². The van der Waals surface area contributed by atoms with Gasteiger partial charge >= 0.3 is 6.09 Å². The molecule has 1 aliphatic heterocycles. The van der Waals surface area contributed by atoms with Crippen molar-refractivity contribution >= 4 is 12.0 Å². The minimum Gasteiger partial charge on any atom is -0.453 e. The molecule has 98 valence electrons. The first-order chi connectivity index (χ1) is 8.10. The molecular weight excluding hydrogens is 222 g/mol. The number of hydrogen-bond acceptors (Lipinski definition) is 4. The van der Waals surface area contributed by atoms with Crippen LogP contribution in [0.3, 0.4) is 0 Å². The Kier molecular flexibility index (Phi) is 5.21. The molecule has 17 heavy (non-hydrogen) atoms. The van der Waals surface area contributed by atoms with E-state index in [0.717, 1.165) is 19.4 Å². The van der Waals surface area contributed by atoms with Gasteiger partial charge in [-0.3, -0.25) is 9.69 Å². The van der Waals surface area contributed by atoms with Gasteiger partial charge in [-0.05, 0) is 26.3 Å². The Balaban J connectivity index is 2.43. The first kappa shape index (κ1) is 13.8. The number of likely N-dealkylation sites (N-methyl/N-ethyl adjacent to an activating group) is 1. The molecule has 0 saturated carbocycles.